The fraction of sp³-hybridized carbons (Fsp3) is 0.803. The number of carbonyl (C=O) groups excluding carboxylic acids is 3. The number of hydrogen-bond acceptors (Lipinski definition) is 6. The number of ether oxygens (including phenoxy) is 3. The SMILES string of the molecule is CC/C=C\C/C=C\C/C=C\CCCCCCCCCC(=O)OC(COC(=O)CCCCCCCCCCCCC/C=C\C/C=C\CCCCCCC)COC(=O)CCCCCCCCCCCCCCCC. The van der Waals surface area contributed by atoms with Crippen LogP contribution in [0.2, 0.25) is 0 Å². The van der Waals surface area contributed by atoms with Crippen LogP contribution in [0.5, 0.6) is 0 Å². The van der Waals surface area contributed by atoms with Crippen LogP contribution in [0.25, 0.3) is 0 Å². The molecule has 1 atom stereocenters. The van der Waals surface area contributed by atoms with Crippen molar-refractivity contribution in [3.05, 3.63) is 60.8 Å². The first-order chi connectivity index (χ1) is 35.5. The van der Waals surface area contributed by atoms with Crippen LogP contribution in [0.15, 0.2) is 60.8 Å². The third-order valence-electron chi connectivity index (χ3n) is 13.8. The van der Waals surface area contributed by atoms with E-state index in [-0.39, 0.29) is 31.1 Å². The molecule has 6 nitrogen and oxygen atoms in total. The molecule has 418 valence electrons. The fourth-order valence-electron chi connectivity index (χ4n) is 9.08. The van der Waals surface area contributed by atoms with Crippen molar-refractivity contribution in [2.45, 2.75) is 329 Å². The molecule has 0 N–H and O–H groups in total. The quantitative estimate of drug-likeness (QED) is 0.0261. The first-order valence-corrected chi connectivity index (χ1v) is 31.3. The zero-order valence-corrected chi connectivity index (χ0v) is 47.9. The maximum Gasteiger partial charge on any atom is 0.306 e. The highest BCUT2D eigenvalue weighted by Crippen LogP contribution is 2.17. The molecule has 1 unspecified atom stereocenters. The third kappa shape index (κ3) is 58.0. The summed E-state index contributed by atoms with van der Waals surface area (Å²) in [5, 5.41) is 0. The summed E-state index contributed by atoms with van der Waals surface area (Å²) in [6.07, 6.45) is 76.5. The van der Waals surface area contributed by atoms with Crippen molar-refractivity contribution in [3.8, 4) is 0 Å². The summed E-state index contributed by atoms with van der Waals surface area (Å²) < 4.78 is 16.9. The summed E-state index contributed by atoms with van der Waals surface area (Å²) in [5.74, 6) is -0.871. The highest BCUT2D eigenvalue weighted by atomic mass is 16.6. The van der Waals surface area contributed by atoms with Gasteiger partial charge < -0.3 is 14.2 Å². The zero-order chi connectivity index (χ0) is 52.2. The van der Waals surface area contributed by atoms with Crippen molar-refractivity contribution in [1.29, 1.82) is 0 Å². The van der Waals surface area contributed by atoms with E-state index in [4.69, 9.17) is 14.2 Å². The number of rotatable bonds is 57. The lowest BCUT2D eigenvalue weighted by Gasteiger charge is -2.18. The van der Waals surface area contributed by atoms with E-state index in [1.54, 1.807) is 0 Å². The van der Waals surface area contributed by atoms with Gasteiger partial charge in [-0.2, -0.15) is 0 Å². The lowest BCUT2D eigenvalue weighted by Crippen LogP contribution is -2.30. The van der Waals surface area contributed by atoms with Crippen LogP contribution < -0.4 is 0 Å². The van der Waals surface area contributed by atoms with Gasteiger partial charge in [0, 0.05) is 19.3 Å². The third-order valence-corrected chi connectivity index (χ3v) is 13.8. The standard InChI is InChI=1S/C66H118O6/c1-4-7-10-13-16-19-22-25-28-30-31-32-33-34-35-37-38-41-44-47-50-53-56-59-65(68)71-62-63(61-70-64(67)58-55-52-49-46-43-40-27-24-21-18-15-12-9-6-3)72-66(69)60-57-54-51-48-45-42-39-36-29-26-23-20-17-14-11-8-5-2/h8,11,17,20,22,25-26,29-31,63H,4-7,9-10,12-16,18-19,21,23-24,27-28,32-62H2,1-3H3/b11-8-,20-17-,25-22-,29-26-,31-30-. The van der Waals surface area contributed by atoms with E-state index in [9.17, 15) is 14.4 Å². The fourth-order valence-corrected chi connectivity index (χ4v) is 9.08. The molecule has 0 amide bonds. The van der Waals surface area contributed by atoms with E-state index >= 15 is 0 Å². The Morgan fingerprint density at radius 2 is 0.542 bits per heavy atom. The molecule has 0 aliphatic carbocycles. The van der Waals surface area contributed by atoms with Crippen molar-refractivity contribution >= 4 is 17.9 Å². The smallest absolute Gasteiger partial charge is 0.306 e. The minimum Gasteiger partial charge on any atom is -0.462 e. The Morgan fingerprint density at radius 1 is 0.292 bits per heavy atom. The van der Waals surface area contributed by atoms with Crippen LogP contribution in [-0.4, -0.2) is 37.2 Å². The molecular weight excluding hydrogens is 889 g/mol. The van der Waals surface area contributed by atoms with Gasteiger partial charge in [-0.05, 0) is 83.5 Å². The molecule has 6 heteroatoms. The topological polar surface area (TPSA) is 78.9 Å². The predicted octanol–water partition coefficient (Wildman–Crippen LogP) is 21.2. The first kappa shape index (κ1) is 69.1. The second kappa shape index (κ2) is 60.7. The maximum absolute atomic E-state index is 12.9. The van der Waals surface area contributed by atoms with Gasteiger partial charge in [-0.15, -0.1) is 0 Å². The highest BCUT2D eigenvalue weighted by molar-refractivity contribution is 5.71. The van der Waals surface area contributed by atoms with E-state index in [0.717, 1.165) is 89.9 Å². The first-order valence-electron chi connectivity index (χ1n) is 31.3. The van der Waals surface area contributed by atoms with E-state index in [0.29, 0.717) is 19.3 Å². The Bertz CT molecular complexity index is 1290. The summed E-state index contributed by atoms with van der Waals surface area (Å²) in [6.45, 7) is 6.55. The highest BCUT2D eigenvalue weighted by Gasteiger charge is 2.19. The number of hydrogen-bond donors (Lipinski definition) is 0. The molecule has 0 spiro atoms. The average molecular weight is 1010 g/mol. The number of esters is 3. The van der Waals surface area contributed by atoms with Gasteiger partial charge >= 0.3 is 17.9 Å². The van der Waals surface area contributed by atoms with Gasteiger partial charge in [0.25, 0.3) is 0 Å². The van der Waals surface area contributed by atoms with Crippen molar-refractivity contribution < 1.29 is 28.6 Å². The number of unbranched alkanes of at least 4 members (excludes halogenated alkanes) is 36. The number of carbonyl (C=O) groups is 3. The van der Waals surface area contributed by atoms with Gasteiger partial charge in [0.05, 0.1) is 0 Å². The minimum atomic E-state index is -0.779. The Balaban J connectivity index is 4.32. The molecule has 72 heavy (non-hydrogen) atoms. The molecule has 0 aromatic rings. The van der Waals surface area contributed by atoms with Crippen molar-refractivity contribution in [2.24, 2.45) is 0 Å². The summed E-state index contributed by atoms with van der Waals surface area (Å²) in [4.78, 5) is 38.3. The molecule has 0 heterocycles. The lowest BCUT2D eigenvalue weighted by atomic mass is 10.0. The van der Waals surface area contributed by atoms with Gasteiger partial charge in [-0.25, -0.2) is 0 Å². The summed E-state index contributed by atoms with van der Waals surface area (Å²) >= 11 is 0. The molecule has 0 aromatic heterocycles. The van der Waals surface area contributed by atoms with Crippen molar-refractivity contribution in [3.63, 3.8) is 0 Å². The molecule has 0 radical (unpaired) electrons. The summed E-state index contributed by atoms with van der Waals surface area (Å²) in [5.41, 5.74) is 0. The maximum atomic E-state index is 12.9. The molecule has 0 aromatic carbocycles. The van der Waals surface area contributed by atoms with Crippen LogP contribution in [-0.2, 0) is 28.6 Å². The zero-order valence-electron chi connectivity index (χ0n) is 47.9. The second-order valence-corrected chi connectivity index (χ2v) is 20.9. The van der Waals surface area contributed by atoms with Gasteiger partial charge in [-0.1, -0.05) is 281 Å². The van der Waals surface area contributed by atoms with Crippen LogP contribution >= 0.6 is 0 Å². The lowest BCUT2D eigenvalue weighted by molar-refractivity contribution is -0.167. The van der Waals surface area contributed by atoms with Crippen LogP contribution in [0.4, 0.5) is 0 Å². The molecule has 0 saturated heterocycles. The van der Waals surface area contributed by atoms with Crippen LogP contribution in [0, 0.1) is 0 Å². The Morgan fingerprint density at radius 3 is 0.847 bits per heavy atom. The minimum absolute atomic E-state index is 0.0756. The Kier molecular flexibility index (Phi) is 58.2. The van der Waals surface area contributed by atoms with E-state index in [1.807, 2.05) is 0 Å². The van der Waals surface area contributed by atoms with Crippen LogP contribution in [0.3, 0.4) is 0 Å². The second-order valence-electron chi connectivity index (χ2n) is 20.9. The van der Waals surface area contributed by atoms with Crippen molar-refractivity contribution in [2.75, 3.05) is 13.2 Å². The normalized spacial score (nSPS) is 12.4. The van der Waals surface area contributed by atoms with Gasteiger partial charge in [-0.3, -0.25) is 14.4 Å². The monoisotopic (exact) mass is 1010 g/mol. The summed E-state index contributed by atoms with van der Waals surface area (Å²) in [7, 11) is 0. The van der Waals surface area contributed by atoms with Crippen molar-refractivity contribution in [1.82, 2.24) is 0 Å². The predicted molar refractivity (Wildman–Crippen MR) is 312 cm³/mol. The average Bonchev–Trinajstić information content (AvgIpc) is 3.38. The molecule has 0 rings (SSSR count). The van der Waals surface area contributed by atoms with E-state index in [2.05, 4.69) is 81.5 Å². The Labute approximate surface area is 447 Å². The molecule has 0 aliphatic heterocycles. The van der Waals surface area contributed by atoms with Gasteiger partial charge in [0.15, 0.2) is 6.10 Å². The van der Waals surface area contributed by atoms with Crippen LogP contribution in [0.1, 0.15) is 323 Å². The van der Waals surface area contributed by atoms with Gasteiger partial charge in [0.2, 0.25) is 0 Å². The molecular formula is C66H118O6. The molecule has 0 fully saturated rings. The molecule has 0 saturated carbocycles. The Hall–Kier alpha value is -2.89. The largest absolute Gasteiger partial charge is 0.462 e. The molecule has 0 bridgehead atoms. The van der Waals surface area contributed by atoms with Gasteiger partial charge in [0.1, 0.15) is 13.2 Å². The van der Waals surface area contributed by atoms with E-state index < -0.39 is 6.10 Å². The molecule has 0 aliphatic rings. The number of allylic oxidation sites excluding steroid dienone is 10. The summed E-state index contributed by atoms with van der Waals surface area (Å²) in [6, 6.07) is 0. The van der Waals surface area contributed by atoms with E-state index in [1.165, 1.54) is 193 Å².